The third-order valence-electron chi connectivity index (χ3n) is 6.30. The molecule has 0 saturated heterocycles. The summed E-state index contributed by atoms with van der Waals surface area (Å²) in [4.78, 5) is 9.60. The van der Waals surface area contributed by atoms with E-state index >= 15 is 0 Å². The molecule has 3 heterocycles. The molecule has 0 aliphatic carbocycles. The third kappa shape index (κ3) is 2.90. The Labute approximate surface area is 190 Å². The minimum absolute atomic E-state index is 0.909. The molecule has 0 N–H and O–H groups in total. The summed E-state index contributed by atoms with van der Waals surface area (Å²) in [5.41, 5.74) is 8.03. The molecule has 0 aliphatic rings. The van der Waals surface area contributed by atoms with E-state index in [0.29, 0.717) is 0 Å². The lowest BCUT2D eigenvalue weighted by Crippen LogP contribution is -1.89. The Kier molecular flexibility index (Phi) is 3.84. The first-order chi connectivity index (χ1) is 16.3. The fourth-order valence-electron chi connectivity index (χ4n) is 4.65. The summed E-state index contributed by atoms with van der Waals surface area (Å²) in [6, 6.07) is 35.6. The van der Waals surface area contributed by atoms with Crippen molar-refractivity contribution in [3.63, 3.8) is 0 Å². The van der Waals surface area contributed by atoms with Crippen molar-refractivity contribution in [3.05, 3.63) is 109 Å². The third-order valence-corrected chi connectivity index (χ3v) is 6.30. The number of benzene rings is 4. The highest BCUT2D eigenvalue weighted by molar-refractivity contribution is 6.06. The van der Waals surface area contributed by atoms with Crippen LogP contribution in [0.25, 0.3) is 66.1 Å². The summed E-state index contributed by atoms with van der Waals surface area (Å²) >= 11 is 0. The van der Waals surface area contributed by atoms with E-state index < -0.39 is 0 Å². The summed E-state index contributed by atoms with van der Waals surface area (Å²) in [6.45, 7) is 0. The molecule has 0 atom stereocenters. The largest absolute Gasteiger partial charge is 0.456 e. The van der Waals surface area contributed by atoms with Crippen molar-refractivity contribution in [1.29, 1.82) is 0 Å². The highest BCUT2D eigenvalue weighted by atomic mass is 16.3. The number of hydrogen-bond donors (Lipinski definition) is 0. The number of pyridine rings is 2. The van der Waals surface area contributed by atoms with Crippen LogP contribution in [0.1, 0.15) is 0 Å². The Morgan fingerprint density at radius 2 is 1.30 bits per heavy atom. The van der Waals surface area contributed by atoms with Gasteiger partial charge in [0.25, 0.3) is 0 Å². The zero-order valence-electron chi connectivity index (χ0n) is 17.7. The molecule has 7 aromatic rings. The molecule has 154 valence electrons. The average molecular weight is 422 g/mol. The smallest absolute Gasteiger partial charge is 0.135 e. The van der Waals surface area contributed by atoms with Crippen molar-refractivity contribution in [2.45, 2.75) is 0 Å². The van der Waals surface area contributed by atoms with Crippen LogP contribution >= 0.6 is 0 Å². The Bertz CT molecular complexity index is 1830. The second-order valence-electron chi connectivity index (χ2n) is 8.30. The summed E-state index contributed by atoms with van der Waals surface area (Å²) in [6.07, 6.45) is 1.83. The molecule has 3 heteroatoms. The predicted molar refractivity (Wildman–Crippen MR) is 135 cm³/mol. The number of fused-ring (bicyclic) bond motifs is 6. The second kappa shape index (κ2) is 7.01. The number of nitrogens with zero attached hydrogens (tertiary/aromatic N) is 2. The molecule has 0 amide bonds. The van der Waals surface area contributed by atoms with Gasteiger partial charge in [-0.3, -0.25) is 4.98 Å². The second-order valence-corrected chi connectivity index (χ2v) is 8.30. The standard InChI is InChI=1S/C30H18N2O/c1-2-9-27-24(8-1)25-18-22(13-15-28(25)33-27)21-5-3-6-23(17-21)26-14-12-20-11-10-19-7-4-16-31-29(19)30(20)32-26/h1-18H. The average Bonchev–Trinajstić information content (AvgIpc) is 3.26. The summed E-state index contributed by atoms with van der Waals surface area (Å²) < 4.78 is 6.00. The molecule has 0 bridgehead atoms. The molecule has 0 unspecified atom stereocenters. The first kappa shape index (κ1) is 18.1. The van der Waals surface area contributed by atoms with E-state index in [-0.39, 0.29) is 0 Å². The van der Waals surface area contributed by atoms with Gasteiger partial charge >= 0.3 is 0 Å². The van der Waals surface area contributed by atoms with Gasteiger partial charge in [-0.15, -0.1) is 0 Å². The first-order valence-corrected chi connectivity index (χ1v) is 11.0. The lowest BCUT2D eigenvalue weighted by atomic mass is 9.99. The molecule has 7 rings (SSSR count). The number of para-hydroxylation sites is 1. The van der Waals surface area contributed by atoms with E-state index in [4.69, 9.17) is 9.40 Å². The van der Waals surface area contributed by atoms with Crippen molar-refractivity contribution in [2.24, 2.45) is 0 Å². The van der Waals surface area contributed by atoms with E-state index in [9.17, 15) is 0 Å². The van der Waals surface area contributed by atoms with Crippen LogP contribution < -0.4 is 0 Å². The van der Waals surface area contributed by atoms with Crippen molar-refractivity contribution in [2.75, 3.05) is 0 Å². The van der Waals surface area contributed by atoms with Crippen LogP contribution in [-0.2, 0) is 0 Å². The van der Waals surface area contributed by atoms with Crippen LogP contribution in [0.15, 0.2) is 114 Å². The maximum absolute atomic E-state index is 6.00. The summed E-state index contributed by atoms with van der Waals surface area (Å²) in [5, 5.41) is 4.47. The van der Waals surface area contributed by atoms with Gasteiger partial charge in [0.1, 0.15) is 11.2 Å². The Hall–Kier alpha value is -4.50. The zero-order chi connectivity index (χ0) is 21.8. The lowest BCUT2D eigenvalue weighted by molar-refractivity contribution is 0.669. The molecule has 0 fully saturated rings. The van der Waals surface area contributed by atoms with E-state index in [1.165, 1.54) is 0 Å². The van der Waals surface area contributed by atoms with Gasteiger partial charge in [-0.2, -0.15) is 0 Å². The minimum atomic E-state index is 0.909. The fourth-order valence-corrected chi connectivity index (χ4v) is 4.65. The number of rotatable bonds is 2. The van der Waals surface area contributed by atoms with Crippen LogP contribution in [0.3, 0.4) is 0 Å². The molecular formula is C30H18N2O. The zero-order valence-corrected chi connectivity index (χ0v) is 17.7. The molecule has 0 aliphatic heterocycles. The van der Waals surface area contributed by atoms with Gasteiger partial charge in [-0.1, -0.05) is 66.7 Å². The Balaban J connectivity index is 1.37. The van der Waals surface area contributed by atoms with Gasteiger partial charge < -0.3 is 4.42 Å². The molecule has 0 spiro atoms. The highest BCUT2D eigenvalue weighted by Crippen LogP contribution is 2.34. The molecule has 3 nitrogen and oxygen atoms in total. The lowest BCUT2D eigenvalue weighted by Gasteiger charge is -2.08. The van der Waals surface area contributed by atoms with E-state index in [2.05, 4.69) is 89.9 Å². The van der Waals surface area contributed by atoms with Crippen LogP contribution in [0.5, 0.6) is 0 Å². The SMILES string of the molecule is c1cc(-c2ccc3oc4ccccc4c3c2)cc(-c2ccc3ccc4cccnc4c3n2)c1. The van der Waals surface area contributed by atoms with Gasteiger partial charge in [-0.25, -0.2) is 4.98 Å². The fraction of sp³-hybridized carbons (Fsp3) is 0. The topological polar surface area (TPSA) is 38.9 Å². The van der Waals surface area contributed by atoms with Crippen LogP contribution in [0, 0.1) is 0 Å². The van der Waals surface area contributed by atoms with Gasteiger partial charge in [0, 0.05) is 33.3 Å². The maximum atomic E-state index is 6.00. The van der Waals surface area contributed by atoms with Crippen molar-refractivity contribution in [1.82, 2.24) is 9.97 Å². The van der Waals surface area contributed by atoms with Crippen LogP contribution in [-0.4, -0.2) is 9.97 Å². The normalized spacial score (nSPS) is 11.6. The molecule has 33 heavy (non-hydrogen) atoms. The highest BCUT2D eigenvalue weighted by Gasteiger charge is 2.10. The first-order valence-electron chi connectivity index (χ1n) is 11.0. The van der Waals surface area contributed by atoms with Gasteiger partial charge in [0.15, 0.2) is 0 Å². The maximum Gasteiger partial charge on any atom is 0.135 e. The number of hydrogen-bond acceptors (Lipinski definition) is 3. The van der Waals surface area contributed by atoms with E-state index in [1.807, 2.05) is 24.4 Å². The quantitative estimate of drug-likeness (QED) is 0.265. The molecule has 0 saturated carbocycles. The van der Waals surface area contributed by atoms with Crippen molar-refractivity contribution < 1.29 is 4.42 Å². The summed E-state index contributed by atoms with van der Waals surface area (Å²) in [7, 11) is 0. The number of furan rings is 1. The Morgan fingerprint density at radius 3 is 2.27 bits per heavy atom. The van der Waals surface area contributed by atoms with Gasteiger partial charge in [-0.05, 0) is 47.5 Å². The molecule has 0 radical (unpaired) electrons. The van der Waals surface area contributed by atoms with Crippen molar-refractivity contribution in [3.8, 4) is 22.4 Å². The minimum Gasteiger partial charge on any atom is -0.456 e. The van der Waals surface area contributed by atoms with Crippen LogP contribution in [0.2, 0.25) is 0 Å². The molecule has 4 aromatic carbocycles. The van der Waals surface area contributed by atoms with E-state index in [1.54, 1.807) is 0 Å². The molecule has 3 aromatic heterocycles. The van der Waals surface area contributed by atoms with Crippen LogP contribution in [0.4, 0.5) is 0 Å². The predicted octanol–water partition coefficient (Wildman–Crippen LogP) is 8.02. The van der Waals surface area contributed by atoms with E-state index in [0.717, 1.165) is 66.1 Å². The molecular weight excluding hydrogens is 404 g/mol. The number of aromatic nitrogens is 2. The Morgan fingerprint density at radius 1 is 0.515 bits per heavy atom. The summed E-state index contributed by atoms with van der Waals surface area (Å²) in [5.74, 6) is 0. The monoisotopic (exact) mass is 422 g/mol. The van der Waals surface area contributed by atoms with Gasteiger partial charge in [0.2, 0.25) is 0 Å². The van der Waals surface area contributed by atoms with Crippen molar-refractivity contribution >= 4 is 43.7 Å². The van der Waals surface area contributed by atoms with Gasteiger partial charge in [0.05, 0.1) is 16.7 Å².